The minimum absolute atomic E-state index is 0.0665. The summed E-state index contributed by atoms with van der Waals surface area (Å²) in [7, 11) is 0. The number of primary amides is 1. The fraction of sp³-hybridized carbons (Fsp3) is 0.316. The van der Waals surface area contributed by atoms with Gasteiger partial charge in [-0.2, -0.15) is 10.2 Å². The summed E-state index contributed by atoms with van der Waals surface area (Å²) < 4.78 is 11.2. The molecule has 1 fully saturated rings. The minimum Gasteiger partial charge on any atom is -0.471 e. The average molecular weight is 412 g/mol. The van der Waals surface area contributed by atoms with E-state index in [4.69, 9.17) is 31.0 Å². The second kappa shape index (κ2) is 9.17. The van der Waals surface area contributed by atoms with Crippen molar-refractivity contribution in [1.82, 2.24) is 15.4 Å². The number of nitriles is 1. The lowest BCUT2D eigenvalue weighted by molar-refractivity contribution is -0.131. The number of anilines is 1. The maximum absolute atomic E-state index is 12.6. The van der Waals surface area contributed by atoms with E-state index in [0.717, 1.165) is 0 Å². The van der Waals surface area contributed by atoms with E-state index in [1.807, 2.05) is 6.07 Å². The van der Waals surface area contributed by atoms with Gasteiger partial charge in [-0.25, -0.2) is 10.5 Å². The van der Waals surface area contributed by atoms with Gasteiger partial charge >= 0.3 is 0 Å². The van der Waals surface area contributed by atoms with Crippen molar-refractivity contribution in [3.05, 3.63) is 35.4 Å². The molecule has 0 saturated carbocycles. The molecule has 2 heterocycles. The summed E-state index contributed by atoms with van der Waals surface area (Å²) in [6, 6.07) is 8.65. The third-order valence-electron chi connectivity index (χ3n) is 4.28. The standard InChI is InChI=1S/C19H20N6O5/c1-10(16(22)26)30-25-18(27)14-15(21)23-17(12-4-2-3-11(7-12)8-20)24-19(14)29-13-5-6-28-9-13/h2-4,7,10,13H,5-6,9H2,1H3,(H2,22,26)(H,25,27)(H2,21,23,24)/t10?,13-/m0/s1. The Hall–Kier alpha value is -3.75. The van der Waals surface area contributed by atoms with Gasteiger partial charge in [-0.05, 0) is 19.1 Å². The second-order valence-corrected chi connectivity index (χ2v) is 6.50. The molecule has 0 bridgehead atoms. The first-order valence-electron chi connectivity index (χ1n) is 9.06. The Morgan fingerprint density at radius 1 is 1.40 bits per heavy atom. The van der Waals surface area contributed by atoms with Crippen LogP contribution in [0.2, 0.25) is 0 Å². The number of benzene rings is 1. The molecule has 11 heteroatoms. The zero-order chi connectivity index (χ0) is 21.7. The number of nitrogen functional groups attached to an aromatic ring is 1. The van der Waals surface area contributed by atoms with E-state index in [-0.39, 0.29) is 29.2 Å². The molecule has 0 spiro atoms. The first-order chi connectivity index (χ1) is 14.4. The van der Waals surface area contributed by atoms with Crippen molar-refractivity contribution in [2.45, 2.75) is 25.6 Å². The highest BCUT2D eigenvalue weighted by Crippen LogP contribution is 2.28. The summed E-state index contributed by atoms with van der Waals surface area (Å²) in [4.78, 5) is 37.2. The van der Waals surface area contributed by atoms with Gasteiger partial charge in [0, 0.05) is 12.0 Å². The molecule has 156 valence electrons. The van der Waals surface area contributed by atoms with Gasteiger partial charge in [-0.1, -0.05) is 12.1 Å². The van der Waals surface area contributed by atoms with Gasteiger partial charge in [0.15, 0.2) is 11.9 Å². The van der Waals surface area contributed by atoms with Gasteiger partial charge in [-0.15, -0.1) is 0 Å². The van der Waals surface area contributed by atoms with Crippen LogP contribution in [0, 0.1) is 11.3 Å². The van der Waals surface area contributed by atoms with E-state index in [9.17, 15) is 9.59 Å². The number of aromatic nitrogens is 2. The first-order valence-corrected chi connectivity index (χ1v) is 9.06. The minimum atomic E-state index is -1.06. The van der Waals surface area contributed by atoms with Crippen LogP contribution in [-0.4, -0.2) is 47.2 Å². The van der Waals surface area contributed by atoms with E-state index < -0.39 is 17.9 Å². The number of nitrogens with one attached hydrogen (secondary N) is 1. The van der Waals surface area contributed by atoms with Crippen molar-refractivity contribution in [3.63, 3.8) is 0 Å². The second-order valence-electron chi connectivity index (χ2n) is 6.50. The number of nitrogens with two attached hydrogens (primary N) is 2. The number of hydrogen-bond acceptors (Lipinski definition) is 9. The van der Waals surface area contributed by atoms with Gasteiger partial charge in [0.05, 0.1) is 24.8 Å². The molecule has 30 heavy (non-hydrogen) atoms. The van der Waals surface area contributed by atoms with Crippen LogP contribution >= 0.6 is 0 Å². The highest BCUT2D eigenvalue weighted by molar-refractivity contribution is 6.00. The summed E-state index contributed by atoms with van der Waals surface area (Å²) in [5.41, 5.74) is 14.0. The summed E-state index contributed by atoms with van der Waals surface area (Å²) in [6.45, 7) is 2.23. The van der Waals surface area contributed by atoms with Crippen molar-refractivity contribution < 1.29 is 23.9 Å². The predicted octanol–water partition coefficient (Wildman–Crippen LogP) is 0.300. The van der Waals surface area contributed by atoms with Crippen molar-refractivity contribution in [2.24, 2.45) is 5.73 Å². The lowest BCUT2D eigenvalue weighted by Crippen LogP contribution is -2.36. The largest absolute Gasteiger partial charge is 0.471 e. The van der Waals surface area contributed by atoms with E-state index >= 15 is 0 Å². The number of carbonyl (C=O) groups is 2. The molecular weight excluding hydrogens is 392 g/mol. The summed E-state index contributed by atoms with van der Waals surface area (Å²) in [6.07, 6.45) is -0.773. The molecule has 1 aromatic heterocycles. The molecule has 2 amide bonds. The Bertz CT molecular complexity index is 999. The molecule has 5 N–H and O–H groups in total. The SMILES string of the molecule is CC(ONC(=O)c1c(N)nc(-c2cccc(C#N)c2)nc1O[C@H]1CCOC1)C(N)=O. The zero-order valence-electron chi connectivity index (χ0n) is 16.1. The van der Waals surface area contributed by atoms with E-state index in [0.29, 0.717) is 30.8 Å². The number of carbonyl (C=O) groups excluding carboxylic acids is 2. The summed E-state index contributed by atoms with van der Waals surface area (Å²) >= 11 is 0. The Kier molecular flexibility index (Phi) is 6.41. The molecule has 1 aliphatic rings. The smallest absolute Gasteiger partial charge is 0.284 e. The predicted molar refractivity (Wildman–Crippen MR) is 104 cm³/mol. The normalized spacial score (nSPS) is 16.5. The van der Waals surface area contributed by atoms with Crippen LogP contribution < -0.4 is 21.7 Å². The number of nitrogens with zero attached hydrogens (tertiary/aromatic N) is 3. The van der Waals surface area contributed by atoms with Crippen LogP contribution in [0.5, 0.6) is 5.88 Å². The van der Waals surface area contributed by atoms with Crippen molar-refractivity contribution in [3.8, 4) is 23.3 Å². The van der Waals surface area contributed by atoms with Crippen LogP contribution in [0.1, 0.15) is 29.3 Å². The van der Waals surface area contributed by atoms with E-state index in [1.165, 1.54) is 6.92 Å². The summed E-state index contributed by atoms with van der Waals surface area (Å²) in [5, 5.41) is 9.11. The van der Waals surface area contributed by atoms with E-state index in [2.05, 4.69) is 15.4 Å². The van der Waals surface area contributed by atoms with Gasteiger partial charge in [-0.3, -0.25) is 14.4 Å². The van der Waals surface area contributed by atoms with Crippen LogP contribution in [0.4, 0.5) is 5.82 Å². The zero-order valence-corrected chi connectivity index (χ0v) is 16.1. The maximum atomic E-state index is 12.6. The topological polar surface area (TPSA) is 175 Å². The van der Waals surface area contributed by atoms with Gasteiger partial charge in [0.25, 0.3) is 5.91 Å². The first kappa shape index (κ1) is 21.0. The number of hydroxylamine groups is 1. The monoisotopic (exact) mass is 412 g/mol. The Morgan fingerprint density at radius 2 is 2.20 bits per heavy atom. The van der Waals surface area contributed by atoms with Crippen molar-refractivity contribution >= 4 is 17.6 Å². The molecule has 2 aromatic rings. The molecule has 11 nitrogen and oxygen atoms in total. The summed E-state index contributed by atoms with van der Waals surface area (Å²) in [5.74, 6) is -1.60. The van der Waals surface area contributed by atoms with Crippen LogP contribution in [0.25, 0.3) is 11.4 Å². The highest BCUT2D eigenvalue weighted by Gasteiger charge is 2.27. The molecule has 1 saturated heterocycles. The number of rotatable bonds is 7. The quantitative estimate of drug-likeness (QED) is 0.540. The van der Waals surface area contributed by atoms with Crippen LogP contribution in [0.3, 0.4) is 0 Å². The van der Waals surface area contributed by atoms with Crippen LogP contribution in [0.15, 0.2) is 24.3 Å². The highest BCUT2D eigenvalue weighted by atomic mass is 16.7. The Balaban J connectivity index is 1.96. The number of amides is 2. The number of hydrogen-bond donors (Lipinski definition) is 3. The third kappa shape index (κ3) is 4.80. The van der Waals surface area contributed by atoms with Gasteiger partial charge in [0.1, 0.15) is 17.5 Å². The van der Waals surface area contributed by atoms with E-state index in [1.54, 1.807) is 24.3 Å². The van der Waals surface area contributed by atoms with Crippen molar-refractivity contribution in [2.75, 3.05) is 18.9 Å². The number of ether oxygens (including phenoxy) is 2. The fourth-order valence-corrected chi connectivity index (χ4v) is 2.63. The Labute approximate surface area is 171 Å². The average Bonchev–Trinajstić information content (AvgIpc) is 3.24. The Morgan fingerprint density at radius 3 is 2.87 bits per heavy atom. The molecule has 1 unspecified atom stereocenters. The molecule has 3 rings (SSSR count). The molecular formula is C19H20N6O5. The van der Waals surface area contributed by atoms with Crippen LogP contribution in [-0.2, 0) is 14.4 Å². The lowest BCUT2D eigenvalue weighted by Gasteiger charge is -2.17. The molecule has 1 aromatic carbocycles. The molecule has 1 aliphatic heterocycles. The molecule has 2 atom stereocenters. The van der Waals surface area contributed by atoms with Gasteiger partial charge in [0.2, 0.25) is 11.8 Å². The maximum Gasteiger partial charge on any atom is 0.284 e. The fourth-order valence-electron chi connectivity index (χ4n) is 2.63. The van der Waals surface area contributed by atoms with Gasteiger partial charge < -0.3 is 20.9 Å². The van der Waals surface area contributed by atoms with Crippen molar-refractivity contribution in [1.29, 1.82) is 5.26 Å². The lowest BCUT2D eigenvalue weighted by atomic mass is 10.1. The third-order valence-corrected chi connectivity index (χ3v) is 4.28. The molecule has 0 aliphatic carbocycles. The molecule has 0 radical (unpaired) electrons.